The Morgan fingerprint density at radius 3 is 2.84 bits per heavy atom. The van der Waals surface area contributed by atoms with Gasteiger partial charge in [0.05, 0.1) is 7.11 Å². The first-order valence-electron chi connectivity index (χ1n) is 11.2. The monoisotopic (exact) mass is 452 g/mol. The number of halogens is 1. The lowest BCUT2D eigenvalue weighted by molar-refractivity contribution is -0.142. The second kappa shape index (κ2) is 10.2. The van der Waals surface area contributed by atoms with E-state index in [4.69, 9.17) is 16.3 Å². The third kappa shape index (κ3) is 5.16. The summed E-state index contributed by atoms with van der Waals surface area (Å²) in [5.74, 6) is 1.39. The van der Waals surface area contributed by atoms with E-state index in [0.717, 1.165) is 36.1 Å². The van der Waals surface area contributed by atoms with Gasteiger partial charge in [0.25, 0.3) is 0 Å². The van der Waals surface area contributed by atoms with E-state index in [-0.39, 0.29) is 17.9 Å². The van der Waals surface area contributed by atoms with Crippen LogP contribution in [-0.2, 0) is 16.0 Å². The molecule has 0 aliphatic carbocycles. The maximum Gasteiger partial charge on any atom is 0.246 e. The molecule has 2 amide bonds. The number of hydrogen-bond acceptors (Lipinski definition) is 3. The number of rotatable bonds is 6. The van der Waals surface area contributed by atoms with Crippen LogP contribution < -0.4 is 4.74 Å². The van der Waals surface area contributed by atoms with Crippen molar-refractivity contribution in [3.8, 4) is 5.75 Å². The molecule has 0 radical (unpaired) electrons. The maximum absolute atomic E-state index is 12.8. The number of ether oxygens (including phenoxy) is 1. The highest BCUT2D eigenvalue weighted by Crippen LogP contribution is 2.32. The highest BCUT2D eigenvalue weighted by atomic mass is 35.5. The topological polar surface area (TPSA) is 49.9 Å². The van der Waals surface area contributed by atoms with Crippen molar-refractivity contribution in [1.82, 2.24) is 9.80 Å². The molecule has 2 heterocycles. The number of amides is 2. The van der Waals surface area contributed by atoms with Gasteiger partial charge in [0.15, 0.2) is 0 Å². The molecule has 0 spiro atoms. The van der Waals surface area contributed by atoms with Crippen LogP contribution in [0, 0.1) is 5.92 Å². The molecule has 6 heteroatoms. The number of benzene rings is 2. The van der Waals surface area contributed by atoms with Gasteiger partial charge in [-0.05, 0) is 60.6 Å². The fourth-order valence-corrected chi connectivity index (χ4v) is 4.99. The van der Waals surface area contributed by atoms with Crippen molar-refractivity contribution in [2.24, 2.45) is 5.92 Å². The van der Waals surface area contributed by atoms with E-state index in [1.165, 1.54) is 0 Å². The minimum absolute atomic E-state index is 0.00296. The number of methoxy groups -OCH3 is 1. The van der Waals surface area contributed by atoms with Gasteiger partial charge in [-0.1, -0.05) is 41.9 Å². The van der Waals surface area contributed by atoms with Crippen LogP contribution >= 0.6 is 11.6 Å². The first kappa shape index (κ1) is 22.4. The van der Waals surface area contributed by atoms with E-state index >= 15 is 0 Å². The van der Waals surface area contributed by atoms with Gasteiger partial charge in [0.1, 0.15) is 5.75 Å². The number of fused-ring (bicyclic) bond motifs is 1. The quantitative estimate of drug-likeness (QED) is 0.608. The number of carbonyl (C=O) groups excluding carboxylic acids is 2. The zero-order chi connectivity index (χ0) is 22.5. The molecule has 4 rings (SSSR count). The maximum atomic E-state index is 12.8. The largest absolute Gasteiger partial charge is 0.497 e. The van der Waals surface area contributed by atoms with E-state index in [0.29, 0.717) is 37.0 Å². The lowest BCUT2D eigenvalue weighted by Crippen LogP contribution is -2.57. The van der Waals surface area contributed by atoms with Gasteiger partial charge >= 0.3 is 0 Å². The molecule has 2 aromatic rings. The summed E-state index contributed by atoms with van der Waals surface area (Å²) >= 11 is 6.18. The summed E-state index contributed by atoms with van der Waals surface area (Å²) in [6.45, 7) is 2.06. The lowest BCUT2D eigenvalue weighted by Gasteiger charge is -2.47. The molecule has 2 aromatic carbocycles. The van der Waals surface area contributed by atoms with Crippen LogP contribution in [0.25, 0.3) is 6.08 Å². The van der Waals surface area contributed by atoms with E-state index in [1.54, 1.807) is 19.3 Å². The zero-order valence-electron chi connectivity index (χ0n) is 18.4. The number of carbonyl (C=O) groups is 2. The fourth-order valence-electron chi connectivity index (χ4n) is 4.80. The molecule has 2 aliphatic heterocycles. The Morgan fingerprint density at radius 2 is 2.03 bits per heavy atom. The second-order valence-electron chi connectivity index (χ2n) is 8.48. The van der Waals surface area contributed by atoms with Crippen LogP contribution in [0.2, 0.25) is 5.02 Å². The van der Waals surface area contributed by atoms with Crippen LogP contribution in [0.3, 0.4) is 0 Å². The van der Waals surface area contributed by atoms with Crippen molar-refractivity contribution in [3.05, 3.63) is 70.8 Å². The molecule has 0 bridgehead atoms. The molecule has 2 aliphatic rings. The van der Waals surface area contributed by atoms with Crippen molar-refractivity contribution < 1.29 is 14.3 Å². The zero-order valence-corrected chi connectivity index (χ0v) is 19.1. The molecule has 0 aromatic heterocycles. The molecule has 2 saturated heterocycles. The molecule has 5 nitrogen and oxygen atoms in total. The van der Waals surface area contributed by atoms with Gasteiger partial charge in [0, 0.05) is 43.2 Å². The van der Waals surface area contributed by atoms with Gasteiger partial charge in [-0.2, -0.15) is 0 Å². The first-order chi connectivity index (χ1) is 15.5. The van der Waals surface area contributed by atoms with Crippen LogP contribution in [0.15, 0.2) is 54.6 Å². The molecule has 32 heavy (non-hydrogen) atoms. The van der Waals surface area contributed by atoms with Crippen LogP contribution in [0.5, 0.6) is 5.75 Å². The highest BCUT2D eigenvalue weighted by molar-refractivity contribution is 6.32. The number of hydrogen-bond donors (Lipinski definition) is 0. The third-order valence-corrected chi connectivity index (χ3v) is 6.89. The molecule has 2 atom stereocenters. The predicted octanol–water partition coefficient (Wildman–Crippen LogP) is 4.44. The normalized spacial score (nSPS) is 21.0. The number of nitrogens with zero attached hydrogens (tertiary/aromatic N) is 2. The van der Waals surface area contributed by atoms with Crippen molar-refractivity contribution >= 4 is 29.5 Å². The summed E-state index contributed by atoms with van der Waals surface area (Å²) < 4.78 is 5.31. The summed E-state index contributed by atoms with van der Waals surface area (Å²) in [5, 5.41) is 0.632. The average molecular weight is 453 g/mol. The second-order valence-corrected chi connectivity index (χ2v) is 8.89. The minimum Gasteiger partial charge on any atom is -0.497 e. The number of piperidine rings is 2. The van der Waals surface area contributed by atoms with Gasteiger partial charge < -0.3 is 14.5 Å². The first-order valence-corrected chi connectivity index (χ1v) is 11.6. The van der Waals surface area contributed by atoms with Crippen LogP contribution in [-0.4, -0.2) is 54.4 Å². The van der Waals surface area contributed by atoms with Gasteiger partial charge in [-0.25, -0.2) is 0 Å². The molecule has 0 N–H and O–H groups in total. The molecular weight excluding hydrogens is 424 g/mol. The molecule has 168 valence electrons. The van der Waals surface area contributed by atoms with Gasteiger partial charge in [0.2, 0.25) is 11.8 Å². The van der Waals surface area contributed by atoms with E-state index in [2.05, 4.69) is 11.0 Å². The molecular formula is C26H29ClN2O3. The molecule has 2 fully saturated rings. The van der Waals surface area contributed by atoms with Crippen molar-refractivity contribution in [2.75, 3.05) is 26.7 Å². The van der Waals surface area contributed by atoms with Crippen molar-refractivity contribution in [2.45, 2.75) is 31.7 Å². The third-order valence-electron chi connectivity index (χ3n) is 6.54. The summed E-state index contributed by atoms with van der Waals surface area (Å²) in [7, 11) is 1.66. The van der Waals surface area contributed by atoms with E-state index < -0.39 is 0 Å². The van der Waals surface area contributed by atoms with E-state index in [1.807, 2.05) is 47.4 Å². The van der Waals surface area contributed by atoms with E-state index in [9.17, 15) is 9.59 Å². The minimum atomic E-state index is 0.00296. The molecule has 0 saturated carbocycles. The summed E-state index contributed by atoms with van der Waals surface area (Å²) in [6.07, 6.45) is 6.40. The Hall–Kier alpha value is -2.79. The van der Waals surface area contributed by atoms with Crippen molar-refractivity contribution in [3.63, 3.8) is 0 Å². The Bertz CT molecular complexity index is 1010. The SMILES string of the molecule is COc1cccc(CCN2C(=O)CC[C@@H]3CN(C(=O)/C=C/c4ccccc4Cl)CC[C@@H]32)c1. The lowest BCUT2D eigenvalue weighted by atomic mass is 9.83. The van der Waals surface area contributed by atoms with Crippen LogP contribution in [0.4, 0.5) is 0 Å². The predicted molar refractivity (Wildman–Crippen MR) is 127 cm³/mol. The fraction of sp³-hybridized carbons (Fsp3) is 0.385. The van der Waals surface area contributed by atoms with Crippen LogP contribution in [0.1, 0.15) is 30.4 Å². The Morgan fingerprint density at radius 1 is 1.19 bits per heavy atom. The Balaban J connectivity index is 1.37. The standard InChI is InChI=1S/C26H29ClN2O3/c1-32-22-7-4-5-19(17-22)13-16-29-24-14-15-28(18-21(24)10-12-26(29)31)25(30)11-9-20-6-2-3-8-23(20)27/h2-9,11,17,21,24H,10,12-16,18H2,1H3/b11-9+/t21-,24+/m1/s1. The van der Waals surface area contributed by atoms with Gasteiger partial charge in [-0.15, -0.1) is 0 Å². The summed E-state index contributed by atoms with van der Waals surface area (Å²) in [6, 6.07) is 15.7. The average Bonchev–Trinajstić information content (AvgIpc) is 2.82. The Kier molecular flexibility index (Phi) is 7.15. The Labute approximate surface area is 194 Å². The molecule has 0 unspecified atom stereocenters. The number of likely N-dealkylation sites (tertiary alicyclic amines) is 2. The highest BCUT2D eigenvalue weighted by Gasteiger charge is 2.39. The van der Waals surface area contributed by atoms with Crippen molar-refractivity contribution in [1.29, 1.82) is 0 Å². The summed E-state index contributed by atoms with van der Waals surface area (Å²) in [4.78, 5) is 29.4. The smallest absolute Gasteiger partial charge is 0.246 e. The van der Waals surface area contributed by atoms with Gasteiger partial charge in [-0.3, -0.25) is 9.59 Å². The summed E-state index contributed by atoms with van der Waals surface area (Å²) in [5.41, 5.74) is 2.00.